The first-order valence-corrected chi connectivity index (χ1v) is 12.5. The fraction of sp³-hybridized carbons (Fsp3) is 0.148. The molecule has 0 unspecified atom stereocenters. The van der Waals surface area contributed by atoms with Gasteiger partial charge in [0.2, 0.25) is 0 Å². The van der Waals surface area contributed by atoms with Crippen LogP contribution >= 0.6 is 31.9 Å². The third-order valence-electron chi connectivity index (χ3n) is 5.54. The van der Waals surface area contributed by atoms with E-state index in [0.29, 0.717) is 32.6 Å². The van der Waals surface area contributed by atoms with E-state index in [1.165, 1.54) is 11.6 Å². The van der Waals surface area contributed by atoms with Gasteiger partial charge in [0.25, 0.3) is 11.8 Å². The molecular weight excluding hydrogens is 576 g/mol. The molecule has 1 saturated heterocycles. The smallest absolute Gasteiger partial charge is 0.335 e. The van der Waals surface area contributed by atoms with Crippen molar-refractivity contribution in [2.75, 3.05) is 4.90 Å². The van der Waals surface area contributed by atoms with Crippen LogP contribution in [0, 0.1) is 6.92 Å². The summed E-state index contributed by atoms with van der Waals surface area (Å²) in [5.41, 5.74) is 4.11. The molecule has 0 aromatic heterocycles. The van der Waals surface area contributed by atoms with Gasteiger partial charge in [-0.1, -0.05) is 48.9 Å². The lowest BCUT2D eigenvalue weighted by atomic mass is 10.1. The number of amides is 4. The lowest BCUT2D eigenvalue weighted by molar-refractivity contribution is -0.122. The van der Waals surface area contributed by atoms with Gasteiger partial charge >= 0.3 is 6.03 Å². The second kappa shape index (κ2) is 10.6. The summed E-state index contributed by atoms with van der Waals surface area (Å²) in [7, 11) is 0. The SMILES string of the molecule is CCc1ccc(N2C(=O)NC(=O)/C(=C/c3cc(Br)c(OCc4ccc(C)cc4)c(Br)c3)C2=O)cc1. The van der Waals surface area contributed by atoms with Crippen molar-refractivity contribution in [3.63, 3.8) is 0 Å². The van der Waals surface area contributed by atoms with Gasteiger partial charge in [-0.25, -0.2) is 9.69 Å². The van der Waals surface area contributed by atoms with Crippen LogP contribution in [0.3, 0.4) is 0 Å². The quantitative estimate of drug-likeness (QED) is 0.266. The Morgan fingerprint density at radius 3 is 2.11 bits per heavy atom. The van der Waals surface area contributed by atoms with E-state index in [4.69, 9.17) is 4.74 Å². The van der Waals surface area contributed by atoms with Crippen LogP contribution in [0.25, 0.3) is 6.08 Å². The highest BCUT2D eigenvalue weighted by Gasteiger charge is 2.36. The van der Waals surface area contributed by atoms with Crippen LogP contribution in [0.2, 0.25) is 0 Å². The Hall–Kier alpha value is -3.23. The zero-order chi connectivity index (χ0) is 25.1. The Kier molecular flexibility index (Phi) is 7.52. The molecule has 0 atom stereocenters. The van der Waals surface area contributed by atoms with Crippen molar-refractivity contribution in [3.05, 3.63) is 97.4 Å². The van der Waals surface area contributed by atoms with Crippen molar-refractivity contribution in [3.8, 4) is 5.75 Å². The molecule has 3 aromatic carbocycles. The summed E-state index contributed by atoms with van der Waals surface area (Å²) in [4.78, 5) is 39.1. The molecule has 1 aliphatic heterocycles. The third-order valence-corrected chi connectivity index (χ3v) is 6.72. The Balaban J connectivity index is 1.59. The van der Waals surface area contributed by atoms with Crippen LogP contribution in [0.1, 0.15) is 29.2 Å². The first kappa shape index (κ1) is 24.9. The van der Waals surface area contributed by atoms with Crippen LogP contribution in [-0.4, -0.2) is 17.8 Å². The molecule has 35 heavy (non-hydrogen) atoms. The molecular formula is C27H22Br2N2O4. The second-order valence-electron chi connectivity index (χ2n) is 8.07. The van der Waals surface area contributed by atoms with Gasteiger partial charge in [0, 0.05) is 0 Å². The molecule has 178 valence electrons. The van der Waals surface area contributed by atoms with Crippen molar-refractivity contribution < 1.29 is 19.1 Å². The van der Waals surface area contributed by atoms with Gasteiger partial charge in [-0.05, 0) is 92.2 Å². The van der Waals surface area contributed by atoms with E-state index in [2.05, 4.69) is 37.2 Å². The van der Waals surface area contributed by atoms with Crippen LogP contribution in [-0.2, 0) is 22.6 Å². The monoisotopic (exact) mass is 596 g/mol. The summed E-state index contributed by atoms with van der Waals surface area (Å²) >= 11 is 7.03. The third kappa shape index (κ3) is 5.55. The van der Waals surface area contributed by atoms with Crippen molar-refractivity contribution in [1.29, 1.82) is 0 Å². The van der Waals surface area contributed by atoms with Crippen molar-refractivity contribution in [1.82, 2.24) is 5.32 Å². The zero-order valence-electron chi connectivity index (χ0n) is 19.1. The Morgan fingerprint density at radius 1 is 0.914 bits per heavy atom. The molecule has 0 saturated carbocycles. The maximum absolute atomic E-state index is 13.2. The van der Waals surface area contributed by atoms with Crippen LogP contribution in [0.5, 0.6) is 5.75 Å². The second-order valence-corrected chi connectivity index (χ2v) is 9.77. The molecule has 1 heterocycles. The van der Waals surface area contributed by atoms with E-state index in [1.807, 2.05) is 50.2 Å². The zero-order valence-corrected chi connectivity index (χ0v) is 22.3. The normalized spacial score (nSPS) is 14.9. The van der Waals surface area contributed by atoms with E-state index in [0.717, 1.165) is 22.4 Å². The number of anilines is 1. The number of hydrogen-bond acceptors (Lipinski definition) is 4. The summed E-state index contributed by atoms with van der Waals surface area (Å²) < 4.78 is 7.28. The number of ether oxygens (including phenoxy) is 1. The van der Waals surface area contributed by atoms with Gasteiger partial charge < -0.3 is 4.74 Å². The van der Waals surface area contributed by atoms with Gasteiger partial charge in [-0.2, -0.15) is 0 Å². The Labute approximate surface area is 220 Å². The summed E-state index contributed by atoms with van der Waals surface area (Å²) in [5.74, 6) is -0.830. The minimum atomic E-state index is -0.774. The number of imide groups is 2. The highest BCUT2D eigenvalue weighted by Crippen LogP contribution is 2.36. The number of hydrogen-bond donors (Lipinski definition) is 1. The minimum absolute atomic E-state index is 0.142. The molecule has 4 amide bonds. The number of rotatable bonds is 6. The molecule has 0 bridgehead atoms. The number of benzene rings is 3. The van der Waals surface area contributed by atoms with E-state index in [-0.39, 0.29) is 5.57 Å². The highest BCUT2D eigenvalue weighted by molar-refractivity contribution is 9.11. The average molecular weight is 598 g/mol. The number of aryl methyl sites for hydroxylation is 2. The summed E-state index contributed by atoms with van der Waals surface area (Å²) in [6.07, 6.45) is 2.29. The lowest BCUT2D eigenvalue weighted by Gasteiger charge is -2.26. The minimum Gasteiger partial charge on any atom is -0.487 e. The molecule has 0 radical (unpaired) electrons. The summed E-state index contributed by atoms with van der Waals surface area (Å²) in [5, 5.41) is 2.25. The number of nitrogens with zero attached hydrogens (tertiary/aromatic N) is 1. The van der Waals surface area contributed by atoms with Crippen LogP contribution in [0.15, 0.2) is 75.2 Å². The molecule has 0 spiro atoms. The van der Waals surface area contributed by atoms with Gasteiger partial charge in [-0.15, -0.1) is 0 Å². The van der Waals surface area contributed by atoms with Gasteiger partial charge in [0.1, 0.15) is 17.9 Å². The maximum atomic E-state index is 13.2. The molecule has 3 aromatic rings. The highest BCUT2D eigenvalue weighted by atomic mass is 79.9. The lowest BCUT2D eigenvalue weighted by Crippen LogP contribution is -2.54. The van der Waals surface area contributed by atoms with Crippen molar-refractivity contribution >= 4 is 61.5 Å². The first-order valence-electron chi connectivity index (χ1n) is 10.9. The number of barbiturate groups is 1. The maximum Gasteiger partial charge on any atom is 0.335 e. The number of urea groups is 1. The number of halogens is 2. The average Bonchev–Trinajstić information content (AvgIpc) is 2.82. The fourth-order valence-electron chi connectivity index (χ4n) is 3.58. The number of carbonyl (C=O) groups excluding carboxylic acids is 3. The number of carbonyl (C=O) groups is 3. The van der Waals surface area contributed by atoms with Crippen molar-refractivity contribution in [2.45, 2.75) is 26.9 Å². The summed E-state index contributed by atoms with van der Waals surface area (Å²) in [6.45, 7) is 4.43. The predicted octanol–water partition coefficient (Wildman–Crippen LogP) is 6.33. The Morgan fingerprint density at radius 2 is 1.51 bits per heavy atom. The number of nitrogens with one attached hydrogen (secondary N) is 1. The fourth-order valence-corrected chi connectivity index (χ4v) is 5.03. The van der Waals surface area contributed by atoms with E-state index in [9.17, 15) is 14.4 Å². The van der Waals surface area contributed by atoms with Crippen LogP contribution in [0.4, 0.5) is 10.5 Å². The van der Waals surface area contributed by atoms with Gasteiger partial charge in [0.15, 0.2) is 0 Å². The topological polar surface area (TPSA) is 75.7 Å². The van der Waals surface area contributed by atoms with E-state index in [1.54, 1.807) is 24.3 Å². The largest absolute Gasteiger partial charge is 0.487 e. The molecule has 1 fully saturated rings. The summed E-state index contributed by atoms with van der Waals surface area (Å²) in [6, 6.07) is 17.9. The first-order chi connectivity index (χ1) is 16.8. The van der Waals surface area contributed by atoms with E-state index < -0.39 is 17.8 Å². The molecule has 6 nitrogen and oxygen atoms in total. The van der Waals surface area contributed by atoms with Gasteiger partial charge in [0.05, 0.1) is 14.6 Å². The van der Waals surface area contributed by atoms with E-state index >= 15 is 0 Å². The molecule has 0 aliphatic carbocycles. The molecule has 4 rings (SSSR count). The predicted molar refractivity (Wildman–Crippen MR) is 142 cm³/mol. The Bertz CT molecular complexity index is 1310. The van der Waals surface area contributed by atoms with Crippen molar-refractivity contribution in [2.24, 2.45) is 0 Å². The standard InChI is InChI=1S/C27H22Br2N2O4/c1-3-17-8-10-20(11-9-17)31-26(33)21(25(32)30-27(31)34)12-19-13-22(28)24(23(29)14-19)35-15-18-6-4-16(2)5-7-18/h4-14H,3,15H2,1-2H3,(H,30,32,34)/b21-12-. The molecule has 8 heteroatoms. The van der Waals surface area contributed by atoms with Gasteiger partial charge in [-0.3, -0.25) is 14.9 Å². The van der Waals surface area contributed by atoms with Crippen LogP contribution < -0.4 is 15.0 Å². The molecule has 1 N–H and O–H groups in total. The molecule has 1 aliphatic rings.